The highest BCUT2D eigenvalue weighted by Gasteiger charge is 2.47. The van der Waals surface area contributed by atoms with Crippen molar-refractivity contribution in [2.75, 3.05) is 12.3 Å². The Hall–Kier alpha value is -1.86. The summed E-state index contributed by atoms with van der Waals surface area (Å²) in [6, 6.07) is 0. The molecule has 1 fully saturated rings. The van der Waals surface area contributed by atoms with E-state index >= 15 is 0 Å². The monoisotopic (exact) mass is 378 g/mol. The molecular formula is C11H17N5O8P+. The number of phosphoric acid groups is 1. The van der Waals surface area contributed by atoms with Gasteiger partial charge in [0.1, 0.15) is 18.3 Å². The number of nitrogens with zero attached hydrogens (tertiary/aromatic N) is 3. The molecule has 25 heavy (non-hydrogen) atoms. The molecule has 1 aliphatic heterocycles. The number of aromatic amines is 1. The second-order valence-corrected chi connectivity index (χ2v) is 6.83. The number of hydrogen-bond acceptors (Lipinski definition) is 8. The van der Waals surface area contributed by atoms with Gasteiger partial charge in [-0.3, -0.25) is 18.9 Å². The van der Waals surface area contributed by atoms with E-state index in [-0.39, 0.29) is 17.1 Å². The van der Waals surface area contributed by atoms with E-state index in [0.717, 1.165) is 0 Å². The number of anilines is 1. The number of aromatic nitrogens is 4. The third-order valence-electron chi connectivity index (χ3n) is 3.81. The fourth-order valence-electron chi connectivity index (χ4n) is 2.72. The maximum atomic E-state index is 12.0. The molecule has 0 spiro atoms. The number of nitrogens with one attached hydrogen (secondary N) is 1. The van der Waals surface area contributed by atoms with Crippen LogP contribution < -0.4 is 15.9 Å². The Morgan fingerprint density at radius 3 is 2.80 bits per heavy atom. The molecular weight excluding hydrogens is 361 g/mol. The van der Waals surface area contributed by atoms with Crippen LogP contribution in [0.5, 0.6) is 0 Å². The molecule has 0 bridgehead atoms. The van der Waals surface area contributed by atoms with E-state index in [2.05, 4.69) is 14.5 Å². The van der Waals surface area contributed by atoms with E-state index in [1.165, 1.54) is 15.5 Å². The van der Waals surface area contributed by atoms with Gasteiger partial charge in [-0.15, -0.1) is 0 Å². The normalized spacial score (nSPS) is 27.2. The van der Waals surface area contributed by atoms with Gasteiger partial charge in [0.2, 0.25) is 11.7 Å². The molecule has 138 valence electrons. The summed E-state index contributed by atoms with van der Waals surface area (Å²) in [5.41, 5.74) is 5.31. The average Bonchev–Trinajstić information content (AvgIpc) is 2.95. The first kappa shape index (κ1) is 17.9. The maximum Gasteiger partial charge on any atom is 0.469 e. The van der Waals surface area contributed by atoms with Crippen LogP contribution in [0.3, 0.4) is 0 Å². The summed E-state index contributed by atoms with van der Waals surface area (Å²) in [4.78, 5) is 35.8. The van der Waals surface area contributed by atoms with E-state index in [0.29, 0.717) is 0 Å². The largest absolute Gasteiger partial charge is 0.469 e. The lowest BCUT2D eigenvalue weighted by Gasteiger charge is -2.14. The van der Waals surface area contributed by atoms with Crippen molar-refractivity contribution in [3.05, 3.63) is 16.7 Å². The van der Waals surface area contributed by atoms with E-state index in [1.807, 2.05) is 0 Å². The second-order valence-electron chi connectivity index (χ2n) is 5.59. The molecule has 0 saturated carbocycles. The molecule has 14 heteroatoms. The van der Waals surface area contributed by atoms with Crippen LogP contribution in [0.4, 0.5) is 5.95 Å². The van der Waals surface area contributed by atoms with Crippen molar-refractivity contribution in [1.29, 1.82) is 0 Å². The number of imidazole rings is 1. The smallest absolute Gasteiger partial charge is 0.387 e. The highest BCUT2D eigenvalue weighted by molar-refractivity contribution is 7.46. The van der Waals surface area contributed by atoms with Crippen LogP contribution in [0.15, 0.2) is 11.1 Å². The first-order valence-corrected chi connectivity index (χ1v) is 8.59. The SMILES string of the molecule is Cn1c[n+](C2O[C@H](COP(=O)(O)O)[C@@H](O)[C@H]2O)c2nc(N)[nH]c(=O)c21. The Kier molecular flexibility index (Phi) is 4.41. The topological polar surface area (TPSA) is 197 Å². The van der Waals surface area contributed by atoms with Gasteiger partial charge in [0.15, 0.2) is 6.33 Å². The van der Waals surface area contributed by atoms with Crippen LogP contribution in [0.1, 0.15) is 6.23 Å². The van der Waals surface area contributed by atoms with Crippen molar-refractivity contribution in [3.63, 3.8) is 0 Å². The molecule has 13 nitrogen and oxygen atoms in total. The minimum absolute atomic E-state index is 0.108. The molecule has 1 unspecified atom stereocenters. The number of hydrogen-bond donors (Lipinski definition) is 6. The van der Waals surface area contributed by atoms with Crippen molar-refractivity contribution in [1.82, 2.24) is 14.5 Å². The average molecular weight is 378 g/mol. The van der Waals surface area contributed by atoms with Crippen LogP contribution in [-0.4, -0.2) is 59.5 Å². The molecule has 0 radical (unpaired) electrons. The van der Waals surface area contributed by atoms with Gasteiger partial charge < -0.3 is 30.5 Å². The zero-order valence-electron chi connectivity index (χ0n) is 12.9. The summed E-state index contributed by atoms with van der Waals surface area (Å²) in [5, 5.41) is 20.3. The Bertz CT molecular complexity index is 906. The summed E-state index contributed by atoms with van der Waals surface area (Å²) in [7, 11) is -3.19. The lowest BCUT2D eigenvalue weighted by molar-refractivity contribution is -0.745. The molecule has 2 aromatic rings. The molecule has 0 aliphatic carbocycles. The maximum absolute atomic E-state index is 12.0. The van der Waals surface area contributed by atoms with Gasteiger partial charge in [0.05, 0.1) is 13.7 Å². The number of aliphatic hydroxyl groups is 2. The number of fused-ring (bicyclic) bond motifs is 1. The van der Waals surface area contributed by atoms with Crippen molar-refractivity contribution in [2.24, 2.45) is 7.05 Å². The third-order valence-corrected chi connectivity index (χ3v) is 4.29. The van der Waals surface area contributed by atoms with Crippen molar-refractivity contribution in [3.8, 4) is 0 Å². The van der Waals surface area contributed by atoms with Crippen LogP contribution in [0, 0.1) is 0 Å². The van der Waals surface area contributed by atoms with Crippen LogP contribution in [-0.2, 0) is 20.9 Å². The number of H-pyrrole nitrogens is 1. The molecule has 1 saturated heterocycles. The molecule has 7 N–H and O–H groups in total. The fraction of sp³-hybridized carbons (Fsp3) is 0.545. The molecule has 3 heterocycles. The Morgan fingerprint density at radius 1 is 1.48 bits per heavy atom. The summed E-state index contributed by atoms with van der Waals surface area (Å²) in [6.45, 7) is -0.638. The number of aliphatic hydroxyl groups excluding tert-OH is 2. The first-order chi connectivity index (χ1) is 11.6. The van der Waals surface area contributed by atoms with Gasteiger partial charge in [-0.2, -0.15) is 0 Å². The Labute approximate surface area is 139 Å². The van der Waals surface area contributed by atoms with Crippen LogP contribution in [0.2, 0.25) is 0 Å². The lowest BCUT2D eigenvalue weighted by Crippen LogP contribution is -2.46. The van der Waals surface area contributed by atoms with Crippen LogP contribution in [0.25, 0.3) is 11.2 Å². The fourth-order valence-corrected chi connectivity index (χ4v) is 3.06. The molecule has 1 aliphatic rings. The van der Waals surface area contributed by atoms with Gasteiger partial charge in [0, 0.05) is 0 Å². The lowest BCUT2D eigenvalue weighted by atomic mass is 10.1. The van der Waals surface area contributed by atoms with Gasteiger partial charge in [-0.1, -0.05) is 4.98 Å². The third kappa shape index (κ3) is 3.30. The number of phosphoric ester groups is 1. The number of nitrogens with two attached hydrogens (primary N) is 1. The molecule has 0 aromatic carbocycles. The van der Waals surface area contributed by atoms with Crippen LogP contribution >= 0.6 is 7.82 Å². The number of ether oxygens (including phenoxy) is 1. The van der Waals surface area contributed by atoms with Crippen molar-refractivity contribution in [2.45, 2.75) is 24.5 Å². The van der Waals surface area contributed by atoms with Gasteiger partial charge in [0.25, 0.3) is 11.5 Å². The minimum Gasteiger partial charge on any atom is -0.387 e. The standard InChI is InChI=1S/C11H16N5O8P/c1-15-3-16(8-5(15)9(19)14-11(12)13-8)10-7(18)6(17)4(24-10)2-23-25(20,21)22/h3-4,6-7,10,17-18H,2H2,1H3,(H4-,12,13,14,19,20,21,22)/p+1/t4-,6-,7-,10?/m1/s1. The molecule has 0 amide bonds. The predicted octanol–water partition coefficient (Wildman–Crippen LogP) is -3.14. The molecule has 4 atom stereocenters. The van der Waals surface area contributed by atoms with Crippen molar-refractivity contribution >= 4 is 24.9 Å². The van der Waals surface area contributed by atoms with E-state index < -0.39 is 44.5 Å². The number of aryl methyl sites for hydroxylation is 1. The van der Waals surface area contributed by atoms with Gasteiger partial charge in [-0.05, 0) is 0 Å². The summed E-state index contributed by atoms with van der Waals surface area (Å²) < 4.78 is 23.3. The summed E-state index contributed by atoms with van der Waals surface area (Å²) in [5.74, 6) is -0.146. The highest BCUT2D eigenvalue weighted by atomic mass is 31.2. The second kappa shape index (κ2) is 6.14. The van der Waals surface area contributed by atoms with Gasteiger partial charge >= 0.3 is 13.5 Å². The first-order valence-electron chi connectivity index (χ1n) is 7.06. The quantitative estimate of drug-likeness (QED) is 0.233. The molecule has 3 rings (SSSR count). The van der Waals surface area contributed by atoms with Gasteiger partial charge in [-0.25, -0.2) is 9.13 Å². The Balaban J connectivity index is 1.96. The van der Waals surface area contributed by atoms with E-state index in [9.17, 15) is 19.6 Å². The number of rotatable bonds is 4. The zero-order valence-corrected chi connectivity index (χ0v) is 13.8. The molecule has 2 aromatic heterocycles. The predicted molar refractivity (Wildman–Crippen MR) is 79.9 cm³/mol. The zero-order chi connectivity index (χ0) is 18.5. The van der Waals surface area contributed by atoms with E-state index in [4.69, 9.17) is 20.3 Å². The summed E-state index contributed by atoms with van der Waals surface area (Å²) in [6.07, 6.45) is -3.88. The summed E-state index contributed by atoms with van der Waals surface area (Å²) >= 11 is 0. The number of nitrogen functional groups attached to an aromatic ring is 1. The van der Waals surface area contributed by atoms with Crippen molar-refractivity contribution < 1.29 is 38.4 Å². The minimum atomic E-state index is -4.76. The Morgan fingerprint density at radius 2 is 2.16 bits per heavy atom. The van der Waals surface area contributed by atoms with E-state index in [1.54, 1.807) is 7.05 Å². The highest BCUT2D eigenvalue weighted by Crippen LogP contribution is 2.37.